The lowest BCUT2D eigenvalue weighted by Gasteiger charge is -2.08. The number of imidazole rings is 1. The fourth-order valence-electron chi connectivity index (χ4n) is 3.14. The van der Waals surface area contributed by atoms with E-state index in [2.05, 4.69) is 51.8 Å². The first-order valence-corrected chi connectivity index (χ1v) is 12.6. The number of carboxylic acid groups (broad SMARTS) is 2. The maximum atomic E-state index is 12.7. The fourth-order valence-corrected chi connectivity index (χ4v) is 4.68. The summed E-state index contributed by atoms with van der Waals surface area (Å²) >= 11 is 7.15. The maximum absolute atomic E-state index is 12.7. The number of anilines is 1. The molecule has 6 N–H and O–H groups in total. The van der Waals surface area contributed by atoms with Crippen LogP contribution in [0.1, 0.15) is 16.7 Å². The molecule has 0 saturated heterocycles. The molecule has 0 bridgehead atoms. The summed E-state index contributed by atoms with van der Waals surface area (Å²) in [7, 11) is 0. The Kier molecular flexibility index (Phi) is 11.2. The molecule has 9 nitrogen and oxygen atoms in total. The Labute approximate surface area is 250 Å². The molecule has 0 saturated carbocycles. The van der Waals surface area contributed by atoms with E-state index in [-0.39, 0.29) is 0 Å². The molecule has 0 fully saturated rings. The molecule has 0 aliphatic heterocycles. The molecule has 43 heavy (non-hydrogen) atoms. The molecule has 0 unspecified atom stereocenters. The van der Waals surface area contributed by atoms with Crippen molar-refractivity contribution in [3.8, 4) is 11.4 Å². The third-order valence-corrected chi connectivity index (χ3v) is 6.62. The Morgan fingerprint density at radius 3 is 1.81 bits per heavy atom. The van der Waals surface area contributed by atoms with Crippen LogP contribution in [-0.2, 0) is 28.6 Å². The van der Waals surface area contributed by atoms with Crippen molar-refractivity contribution >= 4 is 60.8 Å². The number of carboxylic acids is 2. The third kappa shape index (κ3) is 9.87. The highest BCUT2D eigenvalue weighted by Gasteiger charge is 2.39. The number of fused-ring (bicyclic) bond motifs is 1. The Balaban J connectivity index is 0.000000384. The van der Waals surface area contributed by atoms with Gasteiger partial charge in [0.05, 0.1) is 21.4 Å². The number of rotatable bonds is 4. The second kappa shape index (κ2) is 13.7. The van der Waals surface area contributed by atoms with Gasteiger partial charge >= 0.3 is 30.5 Å². The molecular formula is C23H16Br2F9N5O4. The molecule has 234 valence electrons. The number of hydrogen-bond acceptors (Lipinski definition) is 5. The minimum Gasteiger partial charge on any atom is -0.475 e. The van der Waals surface area contributed by atoms with Crippen LogP contribution in [0, 0.1) is 0 Å². The summed E-state index contributed by atoms with van der Waals surface area (Å²) in [5, 5.41) is 14.2. The number of aliphatic carboxylic acids is 2. The number of alkyl halides is 9. The number of nitrogen functional groups attached to an aromatic ring is 1. The lowest BCUT2D eigenvalue weighted by molar-refractivity contribution is -0.193. The Bertz CT molecular complexity index is 1560. The Hall–Kier alpha value is -3.81. The van der Waals surface area contributed by atoms with E-state index < -0.39 is 36.0 Å². The van der Waals surface area contributed by atoms with Crippen LogP contribution in [0.4, 0.5) is 45.5 Å². The van der Waals surface area contributed by atoms with Crippen LogP contribution in [0.15, 0.2) is 45.6 Å². The first-order chi connectivity index (χ1) is 19.6. The van der Waals surface area contributed by atoms with Crippen LogP contribution in [0.25, 0.3) is 22.4 Å². The topological polar surface area (TPSA) is 158 Å². The lowest BCUT2D eigenvalue weighted by Crippen LogP contribution is -2.21. The lowest BCUT2D eigenvalue weighted by atomic mass is 10.0. The van der Waals surface area contributed by atoms with Gasteiger partial charge in [-0.15, -0.1) is 0 Å². The summed E-state index contributed by atoms with van der Waals surface area (Å²) in [6.45, 7) is 0. The molecule has 3 heterocycles. The van der Waals surface area contributed by atoms with Crippen molar-refractivity contribution in [3.05, 3.63) is 62.3 Å². The number of aromatic amines is 2. The Morgan fingerprint density at radius 2 is 1.35 bits per heavy atom. The van der Waals surface area contributed by atoms with E-state index in [9.17, 15) is 39.5 Å². The van der Waals surface area contributed by atoms with Crippen LogP contribution in [0.2, 0.25) is 0 Å². The van der Waals surface area contributed by atoms with Gasteiger partial charge in [-0.2, -0.15) is 39.5 Å². The zero-order chi connectivity index (χ0) is 32.9. The van der Waals surface area contributed by atoms with E-state index in [1.165, 1.54) is 12.1 Å². The van der Waals surface area contributed by atoms with Crippen molar-refractivity contribution in [1.82, 2.24) is 19.9 Å². The van der Waals surface area contributed by atoms with E-state index in [0.29, 0.717) is 30.0 Å². The number of aryl methyl sites for hydroxylation is 1. The molecule has 0 radical (unpaired) electrons. The van der Waals surface area contributed by atoms with Crippen molar-refractivity contribution in [2.45, 2.75) is 31.4 Å². The van der Waals surface area contributed by atoms with Gasteiger partial charge in [0.1, 0.15) is 11.2 Å². The highest BCUT2D eigenvalue weighted by Crippen LogP contribution is 2.38. The van der Waals surface area contributed by atoms with Crippen LogP contribution in [0.5, 0.6) is 0 Å². The highest BCUT2D eigenvalue weighted by molar-refractivity contribution is 9.11. The molecule has 0 amide bonds. The summed E-state index contributed by atoms with van der Waals surface area (Å²) < 4.78 is 103. The van der Waals surface area contributed by atoms with Gasteiger partial charge in [0, 0.05) is 10.7 Å². The van der Waals surface area contributed by atoms with Crippen molar-refractivity contribution in [2.75, 3.05) is 5.73 Å². The average Bonchev–Trinajstić information content (AvgIpc) is 3.39. The highest BCUT2D eigenvalue weighted by atomic mass is 79.9. The Morgan fingerprint density at radius 1 is 0.837 bits per heavy atom. The molecule has 4 aromatic rings. The average molecular weight is 757 g/mol. The van der Waals surface area contributed by atoms with Crippen molar-refractivity contribution in [1.29, 1.82) is 0 Å². The normalized spacial score (nSPS) is 11.8. The maximum Gasteiger partial charge on any atom is 0.490 e. The van der Waals surface area contributed by atoms with Gasteiger partial charge in [0.15, 0.2) is 5.95 Å². The van der Waals surface area contributed by atoms with Gasteiger partial charge in [-0.1, -0.05) is 12.1 Å². The number of carbonyl (C=O) groups is 2. The van der Waals surface area contributed by atoms with Crippen molar-refractivity contribution in [2.24, 2.45) is 0 Å². The summed E-state index contributed by atoms with van der Waals surface area (Å²) in [6.07, 6.45) is -11.6. The molecule has 0 aliphatic rings. The number of benzene rings is 1. The number of nitrogens with zero attached hydrogens (tertiary/aromatic N) is 2. The number of aromatic nitrogens is 4. The number of nitrogens with two attached hydrogens (primary N) is 1. The van der Waals surface area contributed by atoms with Gasteiger partial charge in [-0.25, -0.2) is 14.6 Å². The summed E-state index contributed by atoms with van der Waals surface area (Å²) in [6, 6.07) is 7.02. The van der Waals surface area contributed by atoms with Gasteiger partial charge in [0.2, 0.25) is 0 Å². The van der Waals surface area contributed by atoms with E-state index in [4.69, 9.17) is 25.5 Å². The minimum absolute atomic E-state index is 0.304. The zero-order valence-electron chi connectivity index (χ0n) is 20.7. The van der Waals surface area contributed by atoms with Crippen LogP contribution < -0.4 is 5.73 Å². The van der Waals surface area contributed by atoms with Crippen LogP contribution in [-0.4, -0.2) is 54.4 Å². The quantitative estimate of drug-likeness (QED) is 0.139. The van der Waals surface area contributed by atoms with Gasteiger partial charge < -0.3 is 25.9 Å². The number of halogens is 11. The molecule has 0 aliphatic carbocycles. The van der Waals surface area contributed by atoms with E-state index in [0.717, 1.165) is 43.5 Å². The SMILES string of the molecule is Nc1nc2c(-c3[nH]c(Br)c(CCc4ccc(C(F)(F)F)cc4)c3Br)nccc2[nH]1.O=C(O)C(F)(F)F.O=C(O)C(F)(F)F. The minimum atomic E-state index is -5.08. The number of H-pyrrole nitrogens is 2. The number of nitrogens with one attached hydrogen (secondary N) is 2. The van der Waals surface area contributed by atoms with Crippen LogP contribution in [0.3, 0.4) is 0 Å². The largest absolute Gasteiger partial charge is 0.490 e. The van der Waals surface area contributed by atoms with E-state index in [1.54, 1.807) is 12.3 Å². The second-order valence-corrected chi connectivity index (χ2v) is 9.67. The van der Waals surface area contributed by atoms with Crippen LogP contribution >= 0.6 is 31.9 Å². The summed E-state index contributed by atoms with van der Waals surface area (Å²) in [5.41, 5.74) is 9.71. The second-order valence-electron chi connectivity index (χ2n) is 8.08. The number of pyridine rings is 1. The summed E-state index contributed by atoms with van der Waals surface area (Å²) in [5.74, 6) is -5.21. The molecule has 3 aromatic heterocycles. The first-order valence-electron chi connectivity index (χ1n) is 11.1. The predicted molar refractivity (Wildman–Crippen MR) is 140 cm³/mol. The van der Waals surface area contributed by atoms with E-state index in [1.807, 2.05) is 0 Å². The van der Waals surface area contributed by atoms with Gasteiger partial charge in [-0.3, -0.25) is 4.98 Å². The molecule has 0 spiro atoms. The number of hydrogen-bond donors (Lipinski definition) is 5. The predicted octanol–water partition coefficient (Wildman–Crippen LogP) is 7.13. The van der Waals surface area contributed by atoms with Crippen molar-refractivity contribution < 1.29 is 59.3 Å². The molecule has 1 aromatic carbocycles. The standard InChI is InChI=1S/C19H14Br2F3N5.2C2HF3O2/c20-13-11(6-3-9-1-4-10(5-2-9)19(22,23)24)17(21)28-15(13)16-14-12(7-8-26-16)27-18(25)29-14;2*3-2(4,5)1(6)7/h1-2,4-5,7-8,28H,3,6H2,(H3,25,27,29);2*(H,6,7). The summed E-state index contributed by atoms with van der Waals surface area (Å²) in [4.78, 5) is 32.8. The smallest absolute Gasteiger partial charge is 0.475 e. The van der Waals surface area contributed by atoms with Gasteiger partial charge in [0.25, 0.3) is 0 Å². The molecule has 0 atom stereocenters. The first kappa shape index (κ1) is 35.4. The zero-order valence-corrected chi connectivity index (χ0v) is 23.9. The van der Waals surface area contributed by atoms with Crippen molar-refractivity contribution in [3.63, 3.8) is 0 Å². The molecule has 20 heteroatoms. The van der Waals surface area contributed by atoms with Gasteiger partial charge in [-0.05, 0) is 74.0 Å². The monoisotopic (exact) mass is 755 g/mol. The molecular weight excluding hydrogens is 741 g/mol. The molecule has 4 rings (SSSR count). The van der Waals surface area contributed by atoms with E-state index >= 15 is 0 Å². The fraction of sp³-hybridized carbons (Fsp3) is 0.217. The third-order valence-electron chi connectivity index (χ3n) is 5.07.